The lowest BCUT2D eigenvalue weighted by Crippen LogP contribution is -2.09. The van der Waals surface area contributed by atoms with E-state index in [4.69, 9.17) is 9.84 Å². The van der Waals surface area contributed by atoms with E-state index in [9.17, 15) is 18.0 Å². The maximum Gasteiger partial charge on any atom is 0.416 e. The highest BCUT2D eigenvalue weighted by molar-refractivity contribution is 7.15. The molecule has 10 heteroatoms. The minimum absolute atomic E-state index is 0.420. The first-order valence-electron chi connectivity index (χ1n) is 9.14. The van der Waals surface area contributed by atoms with Crippen LogP contribution in [0.5, 0.6) is 5.75 Å². The van der Waals surface area contributed by atoms with Crippen LogP contribution in [0.1, 0.15) is 16.1 Å². The number of carboxylic acids is 1. The van der Waals surface area contributed by atoms with Crippen LogP contribution in [-0.2, 0) is 17.5 Å². The number of fused-ring (bicyclic) bond motifs is 1. The van der Waals surface area contributed by atoms with Gasteiger partial charge < -0.3 is 14.4 Å². The first kappa shape index (κ1) is 20.9. The molecule has 0 atom stereocenters. The fourth-order valence-corrected chi connectivity index (χ4v) is 4.12. The predicted octanol–water partition coefficient (Wildman–Crippen LogP) is 5.00. The van der Waals surface area contributed by atoms with Gasteiger partial charge in [0.05, 0.1) is 35.2 Å². The van der Waals surface area contributed by atoms with Crippen LogP contribution in [0, 0.1) is 6.92 Å². The van der Waals surface area contributed by atoms with E-state index in [2.05, 4.69) is 9.97 Å². The molecule has 0 aliphatic rings. The zero-order valence-corrected chi connectivity index (χ0v) is 17.0. The number of halogens is 3. The van der Waals surface area contributed by atoms with E-state index in [1.165, 1.54) is 23.5 Å². The zero-order chi connectivity index (χ0) is 22.2. The molecule has 0 radical (unpaired) electrons. The number of ether oxygens (including phenoxy) is 1. The Morgan fingerprint density at radius 3 is 2.61 bits per heavy atom. The van der Waals surface area contributed by atoms with Crippen LogP contribution in [0.2, 0.25) is 0 Å². The lowest BCUT2D eigenvalue weighted by Gasteiger charge is -2.06. The molecule has 31 heavy (non-hydrogen) atoms. The third kappa shape index (κ3) is 4.53. The normalized spacial score (nSPS) is 11.7. The molecule has 0 aliphatic carbocycles. The topological polar surface area (TPSA) is 77.2 Å². The first-order valence-corrected chi connectivity index (χ1v) is 9.96. The second-order valence-electron chi connectivity index (χ2n) is 6.81. The molecule has 0 saturated carbocycles. The van der Waals surface area contributed by atoms with Crippen molar-refractivity contribution in [1.82, 2.24) is 14.5 Å². The number of aryl methyl sites for hydroxylation is 1. The summed E-state index contributed by atoms with van der Waals surface area (Å²) in [6, 6.07) is 10.1. The van der Waals surface area contributed by atoms with E-state index >= 15 is 0 Å². The third-order valence-corrected chi connectivity index (χ3v) is 5.81. The van der Waals surface area contributed by atoms with E-state index in [1.54, 1.807) is 24.5 Å². The fourth-order valence-electron chi connectivity index (χ4n) is 3.05. The summed E-state index contributed by atoms with van der Waals surface area (Å²) in [7, 11) is 0. The molecule has 0 saturated heterocycles. The Morgan fingerprint density at radius 1 is 1.19 bits per heavy atom. The van der Waals surface area contributed by atoms with Crippen molar-refractivity contribution in [3.05, 3.63) is 64.9 Å². The molecule has 0 amide bonds. The van der Waals surface area contributed by atoms with Gasteiger partial charge in [-0.15, -0.1) is 11.3 Å². The van der Waals surface area contributed by atoms with E-state index < -0.39 is 24.3 Å². The summed E-state index contributed by atoms with van der Waals surface area (Å²) in [6.07, 6.45) is -2.71. The van der Waals surface area contributed by atoms with Gasteiger partial charge >= 0.3 is 12.1 Å². The summed E-state index contributed by atoms with van der Waals surface area (Å²) in [4.78, 5) is 20.5. The van der Waals surface area contributed by atoms with Gasteiger partial charge in [-0.3, -0.25) is 0 Å². The van der Waals surface area contributed by atoms with Crippen LogP contribution >= 0.6 is 11.3 Å². The van der Waals surface area contributed by atoms with Gasteiger partial charge in [-0.2, -0.15) is 13.2 Å². The lowest BCUT2D eigenvalue weighted by atomic mass is 10.1. The van der Waals surface area contributed by atoms with Crippen LogP contribution in [0.25, 0.3) is 21.6 Å². The van der Waals surface area contributed by atoms with Crippen LogP contribution < -0.4 is 4.74 Å². The summed E-state index contributed by atoms with van der Waals surface area (Å²) >= 11 is 1.40. The summed E-state index contributed by atoms with van der Waals surface area (Å²) in [5, 5.41) is 9.41. The maximum atomic E-state index is 12.8. The zero-order valence-electron chi connectivity index (χ0n) is 16.2. The average Bonchev–Trinajstić information content (AvgIpc) is 3.29. The molecule has 4 rings (SSSR count). The quantitative estimate of drug-likeness (QED) is 0.450. The Bertz CT molecular complexity index is 1250. The lowest BCUT2D eigenvalue weighted by molar-refractivity contribution is -0.139. The Kier molecular flexibility index (Phi) is 5.40. The van der Waals surface area contributed by atoms with E-state index in [1.807, 2.05) is 11.5 Å². The minimum Gasteiger partial charge on any atom is -0.482 e. The number of benzene rings is 2. The molecule has 4 aromatic rings. The van der Waals surface area contributed by atoms with Crippen LogP contribution in [0.3, 0.4) is 0 Å². The van der Waals surface area contributed by atoms with Crippen molar-refractivity contribution in [3.63, 3.8) is 0 Å². The summed E-state index contributed by atoms with van der Waals surface area (Å²) in [5.41, 5.74) is 2.20. The average molecular weight is 447 g/mol. The Labute approximate surface area is 178 Å². The maximum absolute atomic E-state index is 12.8. The molecule has 0 unspecified atom stereocenters. The number of alkyl halides is 3. The SMILES string of the molecule is Cc1nc(-c2ccc(C(F)(F)F)cc2)sc1Cn1cnc2ccc(OCC(=O)O)cc21. The number of carbonyl (C=O) groups is 1. The molecule has 1 N–H and O–H groups in total. The molecule has 2 aromatic heterocycles. The number of carboxylic acid groups (broad SMARTS) is 1. The fraction of sp³-hybridized carbons (Fsp3) is 0.190. The van der Waals surface area contributed by atoms with Crippen molar-refractivity contribution in [2.24, 2.45) is 0 Å². The molecule has 0 fully saturated rings. The van der Waals surface area contributed by atoms with E-state index in [0.717, 1.165) is 33.7 Å². The molecule has 0 bridgehead atoms. The Balaban J connectivity index is 1.59. The number of imidazole rings is 1. The van der Waals surface area contributed by atoms with Gasteiger partial charge in [0.25, 0.3) is 0 Å². The van der Waals surface area contributed by atoms with Gasteiger partial charge in [0.15, 0.2) is 6.61 Å². The highest BCUT2D eigenvalue weighted by Gasteiger charge is 2.30. The molecular weight excluding hydrogens is 431 g/mol. The first-order chi connectivity index (χ1) is 14.7. The Hall–Kier alpha value is -3.40. The smallest absolute Gasteiger partial charge is 0.416 e. The predicted molar refractivity (Wildman–Crippen MR) is 109 cm³/mol. The van der Waals surface area contributed by atoms with Gasteiger partial charge in [-0.1, -0.05) is 12.1 Å². The summed E-state index contributed by atoms with van der Waals surface area (Å²) in [5.74, 6) is -0.646. The second-order valence-corrected chi connectivity index (χ2v) is 7.89. The van der Waals surface area contributed by atoms with Crippen LogP contribution in [0.15, 0.2) is 48.8 Å². The largest absolute Gasteiger partial charge is 0.482 e. The highest BCUT2D eigenvalue weighted by atomic mass is 32.1. The number of nitrogens with zero attached hydrogens (tertiary/aromatic N) is 3. The van der Waals surface area contributed by atoms with Gasteiger partial charge in [-0.05, 0) is 31.2 Å². The highest BCUT2D eigenvalue weighted by Crippen LogP contribution is 2.33. The third-order valence-electron chi connectivity index (χ3n) is 4.62. The molecule has 2 heterocycles. The molecule has 160 valence electrons. The monoisotopic (exact) mass is 447 g/mol. The number of aliphatic carboxylic acids is 1. The minimum atomic E-state index is -4.38. The molecular formula is C21H16F3N3O3S. The molecule has 0 spiro atoms. The van der Waals surface area contributed by atoms with Gasteiger partial charge in [0.2, 0.25) is 0 Å². The molecule has 2 aromatic carbocycles. The van der Waals surface area contributed by atoms with Crippen molar-refractivity contribution in [2.75, 3.05) is 6.61 Å². The van der Waals surface area contributed by atoms with Gasteiger partial charge in [0, 0.05) is 16.5 Å². The van der Waals surface area contributed by atoms with Crippen molar-refractivity contribution in [2.45, 2.75) is 19.6 Å². The van der Waals surface area contributed by atoms with Crippen LogP contribution in [-0.4, -0.2) is 32.2 Å². The second kappa shape index (κ2) is 8.03. The standard InChI is InChI=1S/C21H16F3N3O3S/c1-12-18(31-20(26-12)13-2-4-14(5-3-13)21(22,23)24)9-27-11-25-16-7-6-15(8-17(16)27)30-10-19(28)29/h2-8,11H,9-10H2,1H3,(H,28,29). The van der Waals surface area contributed by atoms with Crippen molar-refractivity contribution in [3.8, 4) is 16.3 Å². The van der Waals surface area contributed by atoms with Crippen molar-refractivity contribution < 1.29 is 27.8 Å². The van der Waals surface area contributed by atoms with Crippen LogP contribution in [0.4, 0.5) is 13.2 Å². The summed E-state index contributed by atoms with van der Waals surface area (Å²) in [6.45, 7) is 1.87. The van der Waals surface area contributed by atoms with Gasteiger partial charge in [-0.25, -0.2) is 14.8 Å². The number of aromatic nitrogens is 3. The Morgan fingerprint density at radius 2 is 1.94 bits per heavy atom. The summed E-state index contributed by atoms with van der Waals surface area (Å²) < 4.78 is 45.5. The number of hydrogen-bond donors (Lipinski definition) is 1. The number of rotatable bonds is 6. The number of hydrogen-bond acceptors (Lipinski definition) is 5. The van der Waals surface area contributed by atoms with E-state index in [-0.39, 0.29) is 0 Å². The number of thiazole rings is 1. The van der Waals surface area contributed by atoms with E-state index in [0.29, 0.717) is 22.9 Å². The van der Waals surface area contributed by atoms with Crippen molar-refractivity contribution in [1.29, 1.82) is 0 Å². The van der Waals surface area contributed by atoms with Gasteiger partial charge in [0.1, 0.15) is 10.8 Å². The van der Waals surface area contributed by atoms with Crippen molar-refractivity contribution >= 4 is 28.3 Å². The molecule has 6 nitrogen and oxygen atoms in total. The molecule has 0 aliphatic heterocycles.